The molecule has 0 unspecified atom stereocenters. The van der Waals surface area contributed by atoms with Gasteiger partial charge in [0.15, 0.2) is 5.69 Å². The van der Waals surface area contributed by atoms with Gasteiger partial charge in [-0.3, -0.25) is 9.59 Å². The van der Waals surface area contributed by atoms with Gasteiger partial charge < -0.3 is 9.80 Å². The molecule has 6 nitrogen and oxygen atoms in total. The lowest BCUT2D eigenvalue weighted by molar-refractivity contribution is -0.130. The van der Waals surface area contributed by atoms with Gasteiger partial charge in [0.25, 0.3) is 5.91 Å². The molecule has 1 aromatic heterocycles. The Labute approximate surface area is 151 Å². The highest BCUT2D eigenvalue weighted by Crippen LogP contribution is 2.28. The second-order valence-electron chi connectivity index (χ2n) is 6.81. The smallest absolute Gasteiger partial charge is 0.274 e. The third kappa shape index (κ3) is 2.87. The van der Waals surface area contributed by atoms with Crippen LogP contribution in [-0.4, -0.2) is 57.6 Å². The zero-order valence-electron chi connectivity index (χ0n) is 14.7. The standard InChI is InChI=1S/C19H21FN4O2/c1-13(25)22-9-11-23(12-10-22)19(26)18-16-3-2-4-17(16)24(21-18)15-7-5-14(20)6-8-15/h5-8H,2-4,9-12H2,1H3. The number of rotatable bonds is 2. The molecule has 0 saturated carbocycles. The van der Waals surface area contributed by atoms with E-state index in [1.807, 2.05) is 0 Å². The van der Waals surface area contributed by atoms with Crippen LogP contribution in [0.25, 0.3) is 5.69 Å². The van der Waals surface area contributed by atoms with Crippen molar-refractivity contribution in [1.29, 1.82) is 0 Å². The number of hydrogen-bond donors (Lipinski definition) is 0. The second-order valence-corrected chi connectivity index (χ2v) is 6.81. The van der Waals surface area contributed by atoms with Gasteiger partial charge in [0.1, 0.15) is 5.82 Å². The topological polar surface area (TPSA) is 58.4 Å². The molecule has 1 aliphatic heterocycles. The van der Waals surface area contributed by atoms with Crippen LogP contribution in [0.2, 0.25) is 0 Å². The number of fused-ring (bicyclic) bond motifs is 1. The Hall–Kier alpha value is -2.70. The number of carbonyl (C=O) groups excluding carboxylic acids is 2. The summed E-state index contributed by atoms with van der Waals surface area (Å²) in [6.45, 7) is 3.71. The van der Waals surface area contributed by atoms with Crippen LogP contribution >= 0.6 is 0 Å². The van der Waals surface area contributed by atoms with Crippen molar-refractivity contribution in [2.45, 2.75) is 26.2 Å². The van der Waals surface area contributed by atoms with Gasteiger partial charge in [-0.1, -0.05) is 0 Å². The monoisotopic (exact) mass is 356 g/mol. The highest BCUT2D eigenvalue weighted by molar-refractivity contribution is 5.94. The Balaban J connectivity index is 1.61. The van der Waals surface area contributed by atoms with Crippen molar-refractivity contribution < 1.29 is 14.0 Å². The summed E-state index contributed by atoms with van der Waals surface area (Å²) in [5, 5.41) is 4.58. The lowest BCUT2D eigenvalue weighted by Gasteiger charge is -2.33. The van der Waals surface area contributed by atoms with E-state index in [1.165, 1.54) is 12.1 Å². The highest BCUT2D eigenvalue weighted by Gasteiger charge is 2.31. The predicted molar refractivity (Wildman–Crippen MR) is 93.7 cm³/mol. The van der Waals surface area contributed by atoms with Gasteiger partial charge in [0.05, 0.1) is 5.69 Å². The highest BCUT2D eigenvalue weighted by atomic mass is 19.1. The van der Waals surface area contributed by atoms with E-state index >= 15 is 0 Å². The SMILES string of the molecule is CC(=O)N1CCN(C(=O)c2nn(-c3ccc(F)cc3)c3c2CCC3)CC1. The zero-order chi connectivity index (χ0) is 18.3. The van der Waals surface area contributed by atoms with E-state index in [4.69, 9.17) is 0 Å². The van der Waals surface area contributed by atoms with Crippen LogP contribution in [0, 0.1) is 5.82 Å². The summed E-state index contributed by atoms with van der Waals surface area (Å²) in [4.78, 5) is 28.0. The molecule has 4 rings (SSSR count). The molecule has 26 heavy (non-hydrogen) atoms. The van der Waals surface area contributed by atoms with Gasteiger partial charge >= 0.3 is 0 Å². The molecule has 1 saturated heterocycles. The Morgan fingerprint density at radius 1 is 1.00 bits per heavy atom. The van der Waals surface area contributed by atoms with Crippen molar-refractivity contribution >= 4 is 11.8 Å². The fourth-order valence-corrected chi connectivity index (χ4v) is 3.78. The lowest BCUT2D eigenvalue weighted by atomic mass is 10.1. The Kier molecular flexibility index (Phi) is 4.22. The first kappa shape index (κ1) is 16.8. The van der Waals surface area contributed by atoms with Crippen molar-refractivity contribution in [3.8, 4) is 5.69 Å². The predicted octanol–water partition coefficient (Wildman–Crippen LogP) is 1.80. The van der Waals surface area contributed by atoms with Crippen molar-refractivity contribution in [1.82, 2.24) is 19.6 Å². The van der Waals surface area contributed by atoms with E-state index in [-0.39, 0.29) is 17.6 Å². The van der Waals surface area contributed by atoms with E-state index in [2.05, 4.69) is 5.10 Å². The molecular formula is C19H21FN4O2. The first-order valence-corrected chi connectivity index (χ1v) is 8.96. The van der Waals surface area contributed by atoms with Gasteiger partial charge in [-0.2, -0.15) is 5.10 Å². The van der Waals surface area contributed by atoms with Crippen molar-refractivity contribution in [3.05, 3.63) is 47.0 Å². The average Bonchev–Trinajstić information content (AvgIpc) is 3.25. The molecule has 0 spiro atoms. The van der Waals surface area contributed by atoms with Gasteiger partial charge in [0.2, 0.25) is 5.91 Å². The first-order valence-electron chi connectivity index (χ1n) is 8.96. The summed E-state index contributed by atoms with van der Waals surface area (Å²) in [7, 11) is 0. The summed E-state index contributed by atoms with van der Waals surface area (Å²) in [5.41, 5.74) is 3.32. The molecule has 2 aromatic rings. The number of carbonyl (C=O) groups is 2. The average molecular weight is 356 g/mol. The number of halogens is 1. The van der Waals surface area contributed by atoms with Crippen LogP contribution < -0.4 is 0 Å². The van der Waals surface area contributed by atoms with Crippen molar-refractivity contribution in [2.75, 3.05) is 26.2 Å². The number of piperazine rings is 1. The Morgan fingerprint density at radius 3 is 2.31 bits per heavy atom. The fraction of sp³-hybridized carbons (Fsp3) is 0.421. The van der Waals surface area contributed by atoms with E-state index in [1.54, 1.807) is 33.5 Å². The molecular weight excluding hydrogens is 335 g/mol. The summed E-state index contributed by atoms with van der Waals surface area (Å²) in [6, 6.07) is 6.17. The van der Waals surface area contributed by atoms with Gasteiger partial charge in [-0.25, -0.2) is 9.07 Å². The van der Waals surface area contributed by atoms with Crippen LogP contribution in [0.15, 0.2) is 24.3 Å². The molecule has 1 fully saturated rings. The second kappa shape index (κ2) is 6.55. The number of amides is 2. The minimum atomic E-state index is -0.294. The molecule has 1 aromatic carbocycles. The molecule has 0 N–H and O–H groups in total. The van der Waals surface area contributed by atoms with E-state index in [0.717, 1.165) is 36.2 Å². The molecule has 7 heteroatoms. The molecule has 2 aliphatic rings. The quantitative estimate of drug-likeness (QED) is 0.825. The molecule has 0 atom stereocenters. The van der Waals surface area contributed by atoms with Crippen LogP contribution in [0.5, 0.6) is 0 Å². The third-order valence-corrected chi connectivity index (χ3v) is 5.22. The number of hydrogen-bond acceptors (Lipinski definition) is 3. The van der Waals surface area contributed by atoms with Crippen LogP contribution in [0.1, 0.15) is 35.1 Å². The molecule has 1 aliphatic carbocycles. The third-order valence-electron chi connectivity index (χ3n) is 5.22. The summed E-state index contributed by atoms with van der Waals surface area (Å²) in [6.07, 6.45) is 2.70. The van der Waals surface area contributed by atoms with E-state index < -0.39 is 0 Å². The summed E-state index contributed by atoms with van der Waals surface area (Å²) >= 11 is 0. The molecule has 136 valence electrons. The number of aromatic nitrogens is 2. The van der Waals surface area contributed by atoms with E-state index in [9.17, 15) is 14.0 Å². The number of nitrogens with zero attached hydrogens (tertiary/aromatic N) is 4. The maximum atomic E-state index is 13.2. The first-order chi connectivity index (χ1) is 12.5. The van der Waals surface area contributed by atoms with Crippen molar-refractivity contribution in [3.63, 3.8) is 0 Å². The van der Waals surface area contributed by atoms with Crippen molar-refractivity contribution in [2.24, 2.45) is 0 Å². The van der Waals surface area contributed by atoms with Gasteiger partial charge in [-0.05, 0) is 43.5 Å². The van der Waals surface area contributed by atoms with Crippen LogP contribution in [0.4, 0.5) is 4.39 Å². The Morgan fingerprint density at radius 2 is 1.65 bits per heavy atom. The maximum Gasteiger partial charge on any atom is 0.274 e. The molecule has 0 radical (unpaired) electrons. The lowest BCUT2D eigenvalue weighted by Crippen LogP contribution is -2.50. The van der Waals surface area contributed by atoms with Gasteiger partial charge in [0, 0.05) is 44.4 Å². The number of benzene rings is 1. The van der Waals surface area contributed by atoms with Gasteiger partial charge in [-0.15, -0.1) is 0 Å². The largest absolute Gasteiger partial charge is 0.339 e. The Bertz CT molecular complexity index is 851. The molecule has 2 heterocycles. The summed E-state index contributed by atoms with van der Waals surface area (Å²) in [5.74, 6) is -0.331. The minimum absolute atomic E-state index is 0.0404. The summed E-state index contributed by atoms with van der Waals surface area (Å²) < 4.78 is 15.0. The molecule has 2 amide bonds. The molecule has 0 bridgehead atoms. The minimum Gasteiger partial charge on any atom is -0.339 e. The maximum absolute atomic E-state index is 13.2. The van der Waals surface area contributed by atoms with Crippen LogP contribution in [-0.2, 0) is 17.6 Å². The fourth-order valence-electron chi connectivity index (χ4n) is 3.78. The zero-order valence-corrected chi connectivity index (χ0v) is 14.7. The van der Waals surface area contributed by atoms with Crippen LogP contribution in [0.3, 0.4) is 0 Å². The van der Waals surface area contributed by atoms with E-state index in [0.29, 0.717) is 31.9 Å². The normalized spacial score (nSPS) is 16.7.